The van der Waals surface area contributed by atoms with Gasteiger partial charge in [-0.1, -0.05) is 56.4 Å². The lowest BCUT2D eigenvalue weighted by Gasteiger charge is -2.36. The molecule has 0 atom stereocenters. The van der Waals surface area contributed by atoms with Crippen molar-refractivity contribution in [2.45, 2.75) is 45.5 Å². The molecule has 1 aromatic carbocycles. The van der Waals surface area contributed by atoms with E-state index in [1.165, 1.54) is 16.9 Å². The zero-order valence-corrected chi connectivity index (χ0v) is 17.3. The quantitative estimate of drug-likeness (QED) is 0.618. The lowest BCUT2D eigenvalue weighted by Crippen LogP contribution is -2.40. The monoisotopic (exact) mass is 371 g/mol. The van der Waals surface area contributed by atoms with Crippen molar-refractivity contribution < 1.29 is 4.43 Å². The molecule has 3 aromatic rings. The number of hydrogen-bond donors (Lipinski definition) is 1. The summed E-state index contributed by atoms with van der Waals surface area (Å²) in [5.41, 5.74) is 9.82. The highest BCUT2D eigenvalue weighted by Gasteiger charge is 2.36. The van der Waals surface area contributed by atoms with Gasteiger partial charge in [0.05, 0.1) is 12.3 Å². The average Bonchev–Trinajstić information content (AvgIpc) is 2.91. The van der Waals surface area contributed by atoms with Crippen molar-refractivity contribution in [1.82, 2.24) is 9.97 Å². The van der Waals surface area contributed by atoms with Gasteiger partial charge in [-0.15, -0.1) is 0 Å². The topological polar surface area (TPSA) is 61.0 Å². The first-order chi connectivity index (χ1) is 11.7. The number of nitrogen functional groups attached to an aromatic ring is 1. The number of aromatic nitrogens is 2. The first-order valence-electron chi connectivity index (χ1n) is 8.42. The molecule has 0 saturated carbocycles. The number of rotatable bonds is 4. The summed E-state index contributed by atoms with van der Waals surface area (Å²) in [4.78, 5) is 9.79. The minimum Gasteiger partial charge on any atom is -0.413 e. The van der Waals surface area contributed by atoms with E-state index < -0.39 is 8.32 Å². The largest absolute Gasteiger partial charge is 0.413 e. The summed E-state index contributed by atoms with van der Waals surface area (Å²) >= 11 is 1.42. The number of pyridine rings is 1. The van der Waals surface area contributed by atoms with Crippen molar-refractivity contribution in [2.75, 3.05) is 5.73 Å². The van der Waals surface area contributed by atoms with E-state index in [0.717, 1.165) is 21.6 Å². The Morgan fingerprint density at radius 2 is 1.72 bits per heavy atom. The summed E-state index contributed by atoms with van der Waals surface area (Å²) in [6, 6.07) is 12.4. The SMILES string of the molecule is CC(C)(C)[Si](C)(C)OCc1ccc(-c2ccc3nc(N)sc3n2)cc1. The maximum Gasteiger partial charge on any atom is 0.192 e. The summed E-state index contributed by atoms with van der Waals surface area (Å²) in [5.74, 6) is 0. The maximum atomic E-state index is 6.29. The standard InChI is InChI=1S/C19H25N3OSSi/c1-19(2,3)25(4,5)23-12-13-6-8-14(9-7-13)15-10-11-16-17(21-15)24-18(20)22-16/h6-11H,12H2,1-5H3,(H2,20,22). The molecule has 132 valence electrons. The van der Waals surface area contributed by atoms with E-state index in [4.69, 9.17) is 10.2 Å². The molecule has 0 spiro atoms. The van der Waals surface area contributed by atoms with Crippen LogP contribution in [0, 0.1) is 0 Å². The fourth-order valence-corrected chi connectivity index (χ4v) is 3.91. The Hall–Kier alpha value is -1.76. The second-order valence-electron chi connectivity index (χ2n) is 7.82. The normalized spacial score (nSPS) is 12.7. The summed E-state index contributed by atoms with van der Waals surface area (Å²) in [7, 11) is -1.72. The van der Waals surface area contributed by atoms with E-state index >= 15 is 0 Å². The molecule has 0 unspecified atom stereocenters. The van der Waals surface area contributed by atoms with E-state index in [0.29, 0.717) is 11.7 Å². The predicted octanol–water partition coefficient (Wildman–Crippen LogP) is 5.46. The van der Waals surface area contributed by atoms with Gasteiger partial charge in [0.15, 0.2) is 13.4 Å². The van der Waals surface area contributed by atoms with Gasteiger partial charge in [0.2, 0.25) is 0 Å². The summed E-state index contributed by atoms with van der Waals surface area (Å²) in [5, 5.41) is 0.779. The molecule has 0 saturated heterocycles. The predicted molar refractivity (Wildman–Crippen MR) is 109 cm³/mol. The van der Waals surface area contributed by atoms with Crippen molar-refractivity contribution in [3.8, 4) is 11.3 Å². The number of benzene rings is 1. The highest BCUT2D eigenvalue weighted by atomic mass is 32.1. The highest BCUT2D eigenvalue weighted by Crippen LogP contribution is 2.37. The Balaban J connectivity index is 1.75. The molecular formula is C19H25N3OSSi. The molecular weight excluding hydrogens is 346 g/mol. The Morgan fingerprint density at radius 3 is 2.36 bits per heavy atom. The van der Waals surface area contributed by atoms with Gasteiger partial charge in [-0.05, 0) is 35.8 Å². The average molecular weight is 372 g/mol. The molecule has 2 heterocycles. The molecule has 0 amide bonds. The van der Waals surface area contributed by atoms with Crippen LogP contribution in [-0.2, 0) is 11.0 Å². The lowest BCUT2D eigenvalue weighted by atomic mass is 10.1. The molecule has 0 aliphatic rings. The fraction of sp³-hybridized carbons (Fsp3) is 0.368. The number of nitrogens with two attached hydrogens (primary N) is 1. The van der Waals surface area contributed by atoms with Crippen molar-refractivity contribution in [3.63, 3.8) is 0 Å². The maximum absolute atomic E-state index is 6.29. The number of anilines is 1. The third-order valence-electron chi connectivity index (χ3n) is 4.93. The van der Waals surface area contributed by atoms with Crippen LogP contribution < -0.4 is 5.73 Å². The third kappa shape index (κ3) is 3.91. The van der Waals surface area contributed by atoms with E-state index in [9.17, 15) is 0 Å². The molecule has 3 rings (SSSR count). The second kappa shape index (κ2) is 6.51. The molecule has 2 aromatic heterocycles. The zero-order valence-electron chi connectivity index (χ0n) is 15.5. The third-order valence-corrected chi connectivity index (χ3v) is 10.2. The Kier molecular flexibility index (Phi) is 4.70. The van der Waals surface area contributed by atoms with Crippen LogP contribution in [0.3, 0.4) is 0 Å². The molecule has 4 nitrogen and oxygen atoms in total. The number of nitrogens with zero attached hydrogens (tertiary/aromatic N) is 2. The van der Waals surface area contributed by atoms with E-state index in [2.05, 4.69) is 68.1 Å². The highest BCUT2D eigenvalue weighted by molar-refractivity contribution is 7.21. The number of fused-ring (bicyclic) bond motifs is 1. The van der Waals surface area contributed by atoms with Gasteiger partial charge in [-0.2, -0.15) is 0 Å². The van der Waals surface area contributed by atoms with Crippen molar-refractivity contribution in [3.05, 3.63) is 42.0 Å². The molecule has 0 bridgehead atoms. The molecule has 2 N–H and O–H groups in total. The molecule has 6 heteroatoms. The van der Waals surface area contributed by atoms with Gasteiger partial charge in [-0.3, -0.25) is 0 Å². The first kappa shape index (κ1) is 18.0. The van der Waals surface area contributed by atoms with Crippen LogP contribution in [0.1, 0.15) is 26.3 Å². The van der Waals surface area contributed by atoms with Crippen LogP contribution >= 0.6 is 11.3 Å². The van der Waals surface area contributed by atoms with E-state index in [-0.39, 0.29) is 5.04 Å². The van der Waals surface area contributed by atoms with Crippen LogP contribution in [0.4, 0.5) is 5.13 Å². The summed E-state index contributed by atoms with van der Waals surface area (Å²) in [6.45, 7) is 12.0. The van der Waals surface area contributed by atoms with Crippen LogP contribution in [0.2, 0.25) is 18.1 Å². The van der Waals surface area contributed by atoms with Crippen LogP contribution in [-0.4, -0.2) is 18.3 Å². The van der Waals surface area contributed by atoms with Gasteiger partial charge in [-0.25, -0.2) is 9.97 Å². The van der Waals surface area contributed by atoms with Crippen LogP contribution in [0.25, 0.3) is 21.6 Å². The van der Waals surface area contributed by atoms with Crippen molar-refractivity contribution in [1.29, 1.82) is 0 Å². The lowest BCUT2D eigenvalue weighted by molar-refractivity contribution is 0.276. The van der Waals surface area contributed by atoms with Crippen molar-refractivity contribution in [2.24, 2.45) is 0 Å². The van der Waals surface area contributed by atoms with E-state index in [1.807, 2.05) is 12.1 Å². The Morgan fingerprint density at radius 1 is 1.04 bits per heavy atom. The minimum absolute atomic E-state index is 0.225. The Labute approximate surface area is 154 Å². The van der Waals surface area contributed by atoms with E-state index in [1.54, 1.807) is 0 Å². The second-order valence-corrected chi connectivity index (χ2v) is 13.6. The minimum atomic E-state index is -1.72. The number of thiazole rings is 1. The van der Waals surface area contributed by atoms with Crippen LogP contribution in [0.15, 0.2) is 36.4 Å². The van der Waals surface area contributed by atoms with Crippen LogP contribution in [0.5, 0.6) is 0 Å². The molecule has 0 fully saturated rings. The molecule has 0 aliphatic carbocycles. The summed E-state index contributed by atoms with van der Waals surface area (Å²) < 4.78 is 6.29. The molecule has 25 heavy (non-hydrogen) atoms. The van der Waals surface area contributed by atoms with Crippen molar-refractivity contribution >= 4 is 35.1 Å². The Bertz CT molecular complexity index is 882. The number of hydrogen-bond acceptors (Lipinski definition) is 5. The molecule has 0 aliphatic heterocycles. The molecule has 0 radical (unpaired) electrons. The fourth-order valence-electron chi connectivity index (χ4n) is 2.25. The summed E-state index contributed by atoms with van der Waals surface area (Å²) in [6.07, 6.45) is 0. The van der Waals surface area contributed by atoms with Gasteiger partial charge < -0.3 is 10.2 Å². The first-order valence-corrected chi connectivity index (χ1v) is 12.1. The van der Waals surface area contributed by atoms with Gasteiger partial charge in [0.25, 0.3) is 0 Å². The smallest absolute Gasteiger partial charge is 0.192 e. The van der Waals surface area contributed by atoms with Gasteiger partial charge in [0.1, 0.15) is 10.3 Å². The zero-order chi connectivity index (χ0) is 18.2. The van der Waals surface area contributed by atoms with Gasteiger partial charge >= 0.3 is 0 Å². The van der Waals surface area contributed by atoms with Gasteiger partial charge in [0, 0.05) is 5.56 Å².